The summed E-state index contributed by atoms with van der Waals surface area (Å²) in [5.41, 5.74) is 8.98. The van der Waals surface area contributed by atoms with Crippen LogP contribution in [-0.2, 0) is 10.1 Å². The summed E-state index contributed by atoms with van der Waals surface area (Å²) >= 11 is 0. The molecule has 11 heteroatoms. The molecule has 0 atom stereocenters. The van der Waals surface area contributed by atoms with Gasteiger partial charge in [-0.2, -0.15) is 0 Å². The fraction of sp³-hybridized carbons (Fsp3) is 0.0667. The molecule has 0 aliphatic heterocycles. The molecule has 3 rings (SSSR count). The number of aryl methyl sites for hydroxylation is 1. The van der Waals surface area contributed by atoms with Crippen LogP contribution >= 0.6 is 0 Å². The van der Waals surface area contributed by atoms with E-state index in [4.69, 9.17) is 11.5 Å². The molecular weight excluding hydrogens is 375 g/mol. The Balaban J connectivity index is 0.00000243. The number of ketones is 2. The van der Waals surface area contributed by atoms with Crippen molar-refractivity contribution in [2.24, 2.45) is 0 Å². The molecular formula is C15H11N2NaO7S. The first-order valence-corrected chi connectivity index (χ1v) is 8.20. The van der Waals surface area contributed by atoms with Gasteiger partial charge in [-0.15, -0.1) is 0 Å². The molecule has 9 nitrogen and oxygen atoms in total. The number of rotatable bonds is 1. The third-order valence-electron chi connectivity index (χ3n) is 3.99. The van der Waals surface area contributed by atoms with Crippen molar-refractivity contribution in [2.45, 2.75) is 11.8 Å². The van der Waals surface area contributed by atoms with Gasteiger partial charge >= 0.3 is 29.6 Å². The number of phenols is 2. The Morgan fingerprint density at radius 3 is 1.77 bits per heavy atom. The van der Waals surface area contributed by atoms with Gasteiger partial charge in [0.25, 0.3) is 0 Å². The van der Waals surface area contributed by atoms with Crippen LogP contribution in [-0.4, -0.2) is 34.8 Å². The Morgan fingerprint density at radius 2 is 1.31 bits per heavy atom. The number of carbonyl (C=O) groups excluding carboxylic acids is 2. The maximum absolute atomic E-state index is 12.7. The zero-order valence-electron chi connectivity index (χ0n) is 13.7. The second-order valence-corrected chi connectivity index (χ2v) is 6.90. The Hall–Kier alpha value is -2.11. The van der Waals surface area contributed by atoms with Crippen molar-refractivity contribution < 1.29 is 62.3 Å². The normalized spacial score (nSPS) is 13.0. The van der Waals surface area contributed by atoms with E-state index in [0.29, 0.717) is 6.07 Å². The molecule has 130 valence electrons. The molecule has 26 heavy (non-hydrogen) atoms. The summed E-state index contributed by atoms with van der Waals surface area (Å²) in [7, 11) is -5.16. The van der Waals surface area contributed by atoms with Crippen LogP contribution in [0.4, 0.5) is 11.4 Å². The maximum Gasteiger partial charge on any atom is 1.00 e. The third kappa shape index (κ3) is 2.66. The van der Waals surface area contributed by atoms with Crippen molar-refractivity contribution in [1.29, 1.82) is 0 Å². The standard InChI is InChI=1S/C15H12N2O7S.Na/c1-4-2-5(16)8-10(12(4)18)14(20)9-6(17)3-7(25(22,23)24)13(19)11(9)15(8)21;/h2-3,18-19H,16-17H2,1H3,(H,22,23,24);/q;+1/p-1. The fourth-order valence-electron chi connectivity index (χ4n) is 2.87. The Bertz CT molecular complexity index is 1110. The maximum atomic E-state index is 12.7. The minimum Gasteiger partial charge on any atom is -0.744 e. The second kappa shape index (κ2) is 6.25. The number of hydrogen-bond donors (Lipinski definition) is 4. The first kappa shape index (κ1) is 20.2. The van der Waals surface area contributed by atoms with Gasteiger partial charge in [0.15, 0.2) is 0 Å². The number of phenolic OH excluding ortho intramolecular Hbond substituents is 2. The summed E-state index contributed by atoms with van der Waals surface area (Å²) in [6.07, 6.45) is 0. The molecule has 0 saturated carbocycles. The smallest absolute Gasteiger partial charge is 0.744 e. The second-order valence-electron chi connectivity index (χ2n) is 5.56. The van der Waals surface area contributed by atoms with E-state index in [1.807, 2.05) is 0 Å². The predicted octanol–water partition coefficient (Wildman–Crippen LogP) is -2.75. The number of hydrogen-bond acceptors (Lipinski definition) is 9. The van der Waals surface area contributed by atoms with Crippen molar-refractivity contribution in [2.75, 3.05) is 11.5 Å². The van der Waals surface area contributed by atoms with Gasteiger partial charge in [0.2, 0.25) is 11.6 Å². The molecule has 0 heterocycles. The third-order valence-corrected chi connectivity index (χ3v) is 4.84. The molecule has 0 bridgehead atoms. The number of anilines is 2. The Kier molecular flexibility index (Phi) is 4.86. The van der Waals surface area contributed by atoms with E-state index in [9.17, 15) is 32.8 Å². The molecule has 0 unspecified atom stereocenters. The number of nitrogen functional groups attached to an aromatic ring is 2. The van der Waals surface area contributed by atoms with Gasteiger partial charge in [-0.05, 0) is 24.6 Å². The summed E-state index contributed by atoms with van der Waals surface area (Å²) in [5, 5.41) is 20.3. The summed E-state index contributed by atoms with van der Waals surface area (Å²) in [6, 6.07) is 1.85. The predicted molar refractivity (Wildman–Crippen MR) is 84.6 cm³/mol. The summed E-state index contributed by atoms with van der Waals surface area (Å²) in [6.45, 7) is 1.47. The molecule has 2 aromatic carbocycles. The monoisotopic (exact) mass is 386 g/mol. The zero-order chi connectivity index (χ0) is 18.8. The quantitative estimate of drug-likeness (QED) is 0.149. The fourth-order valence-corrected chi connectivity index (χ4v) is 3.48. The van der Waals surface area contributed by atoms with E-state index in [0.717, 1.165) is 0 Å². The van der Waals surface area contributed by atoms with Crippen molar-refractivity contribution in [3.8, 4) is 11.5 Å². The number of carbonyl (C=O) groups is 2. The summed E-state index contributed by atoms with van der Waals surface area (Å²) < 4.78 is 33.8. The van der Waals surface area contributed by atoms with E-state index in [2.05, 4.69) is 0 Å². The van der Waals surface area contributed by atoms with Crippen LogP contribution < -0.4 is 41.0 Å². The molecule has 2 aromatic rings. The van der Waals surface area contributed by atoms with Crippen LogP contribution in [0.15, 0.2) is 17.0 Å². The molecule has 6 N–H and O–H groups in total. The number of nitrogens with two attached hydrogens (primary N) is 2. The minimum absolute atomic E-state index is 0. The summed E-state index contributed by atoms with van der Waals surface area (Å²) in [5.74, 6) is -3.59. The molecule has 0 saturated heterocycles. The van der Waals surface area contributed by atoms with Crippen LogP contribution in [0, 0.1) is 6.92 Å². The van der Waals surface area contributed by atoms with Crippen LogP contribution in [0.5, 0.6) is 11.5 Å². The van der Waals surface area contributed by atoms with Gasteiger partial charge < -0.3 is 26.2 Å². The molecule has 0 fully saturated rings. The van der Waals surface area contributed by atoms with Gasteiger partial charge in [-0.3, -0.25) is 9.59 Å². The number of fused-ring (bicyclic) bond motifs is 2. The van der Waals surface area contributed by atoms with Gasteiger partial charge in [-0.25, -0.2) is 8.42 Å². The van der Waals surface area contributed by atoms with Crippen molar-refractivity contribution >= 4 is 33.1 Å². The molecule has 0 spiro atoms. The first-order chi connectivity index (χ1) is 11.5. The Labute approximate surface area is 169 Å². The number of benzene rings is 2. The summed E-state index contributed by atoms with van der Waals surface area (Å²) in [4.78, 5) is 24.3. The minimum atomic E-state index is -5.16. The molecule has 1 aliphatic carbocycles. The molecule has 0 radical (unpaired) electrons. The van der Waals surface area contributed by atoms with Gasteiger partial charge in [-0.1, -0.05) is 0 Å². The van der Waals surface area contributed by atoms with E-state index in [1.54, 1.807) is 0 Å². The van der Waals surface area contributed by atoms with Gasteiger partial charge in [0.1, 0.15) is 21.6 Å². The SMILES string of the molecule is Cc1cc(N)c2c(c1O)C(=O)c1c(N)cc(S(=O)(=O)[O-])c(O)c1C2=O.[Na+]. The molecule has 0 amide bonds. The molecule has 1 aliphatic rings. The zero-order valence-corrected chi connectivity index (χ0v) is 16.5. The van der Waals surface area contributed by atoms with Crippen LogP contribution in [0.25, 0.3) is 0 Å². The van der Waals surface area contributed by atoms with E-state index >= 15 is 0 Å². The van der Waals surface area contributed by atoms with E-state index < -0.39 is 60.5 Å². The van der Waals surface area contributed by atoms with Gasteiger partial charge in [0, 0.05) is 11.4 Å². The number of aromatic hydroxyl groups is 2. The van der Waals surface area contributed by atoms with Crippen molar-refractivity contribution in [1.82, 2.24) is 0 Å². The van der Waals surface area contributed by atoms with E-state index in [-0.39, 0.29) is 46.4 Å². The largest absolute Gasteiger partial charge is 1.00 e. The Morgan fingerprint density at radius 1 is 0.885 bits per heavy atom. The van der Waals surface area contributed by atoms with Crippen molar-refractivity contribution in [3.63, 3.8) is 0 Å². The van der Waals surface area contributed by atoms with E-state index in [1.165, 1.54) is 13.0 Å². The van der Waals surface area contributed by atoms with Crippen LogP contribution in [0.2, 0.25) is 0 Å². The van der Waals surface area contributed by atoms with Crippen LogP contribution in [0.1, 0.15) is 37.4 Å². The van der Waals surface area contributed by atoms with Crippen molar-refractivity contribution in [3.05, 3.63) is 39.9 Å². The topological polar surface area (TPSA) is 184 Å². The molecule has 0 aromatic heterocycles. The van der Waals surface area contributed by atoms with Gasteiger partial charge in [0.05, 0.1) is 27.1 Å². The average Bonchev–Trinajstić information content (AvgIpc) is 2.49. The van der Waals surface area contributed by atoms with Crippen LogP contribution in [0.3, 0.4) is 0 Å². The first-order valence-electron chi connectivity index (χ1n) is 6.79. The average molecular weight is 386 g/mol.